The lowest BCUT2D eigenvalue weighted by molar-refractivity contribution is 0.0342. The second-order valence-corrected chi connectivity index (χ2v) is 7.44. The summed E-state index contributed by atoms with van der Waals surface area (Å²) < 4.78 is 16.1. The summed E-state index contributed by atoms with van der Waals surface area (Å²) in [4.78, 5) is 7.14. The van der Waals surface area contributed by atoms with Crippen LogP contribution in [-0.4, -0.2) is 57.9 Å². The van der Waals surface area contributed by atoms with E-state index >= 15 is 0 Å². The molecule has 0 radical (unpaired) electrons. The van der Waals surface area contributed by atoms with Crippen molar-refractivity contribution in [3.8, 4) is 11.5 Å². The van der Waals surface area contributed by atoms with Crippen LogP contribution in [0.2, 0.25) is 0 Å². The second-order valence-electron chi connectivity index (χ2n) is 7.44. The van der Waals surface area contributed by atoms with Gasteiger partial charge < -0.3 is 24.8 Å². The summed E-state index contributed by atoms with van der Waals surface area (Å²) in [5, 5.41) is 6.72. The van der Waals surface area contributed by atoms with Crippen molar-refractivity contribution in [2.75, 3.05) is 47.1 Å². The first kappa shape index (κ1) is 22.9. The zero-order valence-corrected chi connectivity index (χ0v) is 18.8. The average molecular weight is 427 g/mol. The lowest BCUT2D eigenvalue weighted by Gasteiger charge is -2.26. The molecule has 1 saturated heterocycles. The van der Waals surface area contributed by atoms with Crippen molar-refractivity contribution in [2.45, 2.75) is 26.6 Å². The van der Waals surface area contributed by atoms with Crippen LogP contribution < -0.4 is 20.1 Å². The molecule has 7 nitrogen and oxygen atoms in total. The Bertz CT molecular complexity index is 833. The highest BCUT2D eigenvalue weighted by Crippen LogP contribution is 2.27. The van der Waals surface area contributed by atoms with Gasteiger partial charge >= 0.3 is 0 Å². The normalized spacial score (nSPS) is 14.9. The third kappa shape index (κ3) is 7.15. The Morgan fingerprint density at radius 1 is 0.935 bits per heavy atom. The van der Waals surface area contributed by atoms with Gasteiger partial charge in [-0.2, -0.15) is 0 Å². The summed E-state index contributed by atoms with van der Waals surface area (Å²) in [7, 11) is 3.28. The molecule has 1 heterocycles. The Kier molecular flexibility index (Phi) is 8.99. The van der Waals surface area contributed by atoms with E-state index in [0.29, 0.717) is 12.3 Å². The number of nitrogens with zero attached hydrogens (tertiary/aromatic N) is 2. The van der Waals surface area contributed by atoms with Crippen molar-refractivity contribution in [1.29, 1.82) is 0 Å². The summed E-state index contributed by atoms with van der Waals surface area (Å²) in [6.45, 7) is 8.79. The van der Waals surface area contributed by atoms with E-state index in [1.165, 1.54) is 11.1 Å². The highest BCUT2D eigenvalue weighted by molar-refractivity contribution is 5.79. The third-order valence-corrected chi connectivity index (χ3v) is 5.20. The Morgan fingerprint density at radius 2 is 1.61 bits per heavy atom. The maximum absolute atomic E-state index is 5.42. The van der Waals surface area contributed by atoms with E-state index in [0.717, 1.165) is 63.2 Å². The molecule has 31 heavy (non-hydrogen) atoms. The van der Waals surface area contributed by atoms with Crippen molar-refractivity contribution in [3.05, 3.63) is 59.2 Å². The number of morpholine rings is 1. The molecule has 3 rings (SSSR count). The van der Waals surface area contributed by atoms with Crippen LogP contribution in [-0.2, 0) is 24.4 Å². The topological polar surface area (TPSA) is 67.4 Å². The van der Waals surface area contributed by atoms with Gasteiger partial charge in [0.15, 0.2) is 17.5 Å². The number of guanidine groups is 1. The minimum absolute atomic E-state index is 0.550. The van der Waals surface area contributed by atoms with Crippen molar-refractivity contribution in [2.24, 2.45) is 4.99 Å². The van der Waals surface area contributed by atoms with Gasteiger partial charge in [-0.15, -0.1) is 0 Å². The van der Waals surface area contributed by atoms with E-state index in [2.05, 4.69) is 46.7 Å². The Labute approximate surface area is 185 Å². The summed E-state index contributed by atoms with van der Waals surface area (Å²) in [5.74, 6) is 2.22. The van der Waals surface area contributed by atoms with E-state index in [1.54, 1.807) is 14.2 Å². The van der Waals surface area contributed by atoms with Gasteiger partial charge in [-0.25, -0.2) is 4.99 Å². The summed E-state index contributed by atoms with van der Waals surface area (Å²) in [6, 6.07) is 14.6. The van der Waals surface area contributed by atoms with Crippen molar-refractivity contribution >= 4 is 5.96 Å². The van der Waals surface area contributed by atoms with Crippen LogP contribution in [0, 0.1) is 0 Å². The first-order valence-electron chi connectivity index (χ1n) is 10.8. The molecule has 7 heteroatoms. The molecule has 1 aliphatic rings. The van der Waals surface area contributed by atoms with Gasteiger partial charge in [-0.05, 0) is 35.7 Å². The Balaban J connectivity index is 1.54. The minimum Gasteiger partial charge on any atom is -0.493 e. The molecule has 0 aliphatic carbocycles. The number of hydrogen-bond donors (Lipinski definition) is 2. The van der Waals surface area contributed by atoms with E-state index in [4.69, 9.17) is 19.2 Å². The molecular weight excluding hydrogens is 392 g/mol. The highest BCUT2D eigenvalue weighted by atomic mass is 16.5. The molecule has 0 aromatic heterocycles. The average Bonchev–Trinajstić information content (AvgIpc) is 2.82. The summed E-state index contributed by atoms with van der Waals surface area (Å²) >= 11 is 0. The molecule has 2 aromatic rings. The van der Waals surface area contributed by atoms with E-state index < -0.39 is 0 Å². The fraction of sp³-hybridized carbons (Fsp3) is 0.458. The Morgan fingerprint density at radius 3 is 2.29 bits per heavy atom. The molecule has 1 fully saturated rings. The monoisotopic (exact) mass is 426 g/mol. The zero-order chi connectivity index (χ0) is 21.9. The highest BCUT2D eigenvalue weighted by Gasteiger charge is 2.10. The smallest absolute Gasteiger partial charge is 0.191 e. The van der Waals surface area contributed by atoms with E-state index in [1.807, 2.05) is 18.2 Å². The first-order chi connectivity index (χ1) is 15.2. The van der Waals surface area contributed by atoms with Gasteiger partial charge in [0.25, 0.3) is 0 Å². The maximum Gasteiger partial charge on any atom is 0.191 e. The Hall–Kier alpha value is -2.77. The number of aliphatic imine (C=N–C) groups is 1. The standard InChI is InChI=1S/C24H34N4O3/c1-4-25-24(27-17-21-9-10-22(29-2)23(15-21)30-3)26-16-19-5-7-20(8-6-19)18-28-11-13-31-14-12-28/h5-10,15H,4,11-14,16-18H2,1-3H3,(H2,25,26,27). The van der Waals surface area contributed by atoms with Gasteiger partial charge in [-0.3, -0.25) is 4.90 Å². The molecule has 168 valence electrons. The predicted octanol–water partition coefficient (Wildman–Crippen LogP) is 2.79. The second kappa shape index (κ2) is 12.2. The number of hydrogen-bond acceptors (Lipinski definition) is 5. The molecule has 0 unspecified atom stereocenters. The molecule has 0 bridgehead atoms. The molecular formula is C24H34N4O3. The number of nitrogens with one attached hydrogen (secondary N) is 2. The largest absolute Gasteiger partial charge is 0.493 e. The van der Waals surface area contributed by atoms with Crippen molar-refractivity contribution in [1.82, 2.24) is 15.5 Å². The third-order valence-electron chi connectivity index (χ3n) is 5.20. The van der Waals surface area contributed by atoms with Crippen LogP contribution in [0.3, 0.4) is 0 Å². The zero-order valence-electron chi connectivity index (χ0n) is 18.8. The molecule has 2 N–H and O–H groups in total. The molecule has 0 saturated carbocycles. The van der Waals surface area contributed by atoms with E-state index in [9.17, 15) is 0 Å². The fourth-order valence-electron chi connectivity index (χ4n) is 3.46. The van der Waals surface area contributed by atoms with Crippen LogP contribution in [0.15, 0.2) is 47.5 Å². The van der Waals surface area contributed by atoms with Crippen LogP contribution in [0.5, 0.6) is 11.5 Å². The van der Waals surface area contributed by atoms with Gasteiger partial charge in [0.1, 0.15) is 0 Å². The van der Waals surface area contributed by atoms with Crippen molar-refractivity contribution < 1.29 is 14.2 Å². The molecule has 1 aliphatic heterocycles. The van der Waals surface area contributed by atoms with Gasteiger partial charge in [0.05, 0.1) is 34.0 Å². The van der Waals surface area contributed by atoms with Gasteiger partial charge in [0.2, 0.25) is 0 Å². The molecule has 0 amide bonds. The lowest BCUT2D eigenvalue weighted by atomic mass is 10.1. The molecule has 2 aromatic carbocycles. The number of ether oxygens (including phenoxy) is 3. The number of rotatable bonds is 9. The summed E-state index contributed by atoms with van der Waals surface area (Å²) in [6.07, 6.45) is 0. The quantitative estimate of drug-likeness (QED) is 0.475. The lowest BCUT2D eigenvalue weighted by Crippen LogP contribution is -2.36. The number of methoxy groups -OCH3 is 2. The molecule has 0 spiro atoms. The fourth-order valence-corrected chi connectivity index (χ4v) is 3.46. The molecule has 0 atom stereocenters. The van der Waals surface area contributed by atoms with Crippen LogP contribution in [0.1, 0.15) is 23.6 Å². The number of benzene rings is 2. The van der Waals surface area contributed by atoms with E-state index in [-0.39, 0.29) is 0 Å². The van der Waals surface area contributed by atoms with Crippen LogP contribution in [0.4, 0.5) is 0 Å². The van der Waals surface area contributed by atoms with Gasteiger partial charge in [-0.1, -0.05) is 30.3 Å². The van der Waals surface area contributed by atoms with Crippen molar-refractivity contribution in [3.63, 3.8) is 0 Å². The first-order valence-corrected chi connectivity index (χ1v) is 10.8. The minimum atomic E-state index is 0.550. The predicted molar refractivity (Wildman–Crippen MR) is 124 cm³/mol. The van der Waals surface area contributed by atoms with Gasteiger partial charge in [0, 0.05) is 32.7 Å². The maximum atomic E-state index is 5.42. The van der Waals surface area contributed by atoms with Crippen LogP contribution >= 0.6 is 0 Å². The summed E-state index contributed by atoms with van der Waals surface area (Å²) in [5.41, 5.74) is 3.62. The SMILES string of the molecule is CCNC(=NCc1ccc(OC)c(OC)c1)NCc1ccc(CN2CCOCC2)cc1. The van der Waals surface area contributed by atoms with Crippen LogP contribution in [0.25, 0.3) is 0 Å².